The van der Waals surface area contributed by atoms with E-state index < -0.39 is 5.97 Å². The Hall–Kier alpha value is -2.35. The van der Waals surface area contributed by atoms with Crippen molar-refractivity contribution in [2.75, 3.05) is 12.9 Å². The Labute approximate surface area is 156 Å². The molecule has 0 N–H and O–H groups in total. The highest BCUT2D eigenvalue weighted by atomic mass is 32.2. The molecule has 0 atom stereocenters. The van der Waals surface area contributed by atoms with Crippen molar-refractivity contribution in [1.82, 2.24) is 14.9 Å². The number of carbonyl (C=O) groups excluding carboxylic acids is 1. The first-order valence-corrected chi connectivity index (χ1v) is 9.62. The number of carboxylic acids is 1. The molecule has 1 saturated carbocycles. The average Bonchev–Trinajstić information content (AvgIpc) is 3.08. The molecule has 0 radical (unpaired) electrons. The van der Waals surface area contributed by atoms with E-state index in [4.69, 9.17) is 4.74 Å². The number of hydrogen-bond donors (Lipinski definition) is 0. The number of rotatable bonds is 7. The van der Waals surface area contributed by atoms with Gasteiger partial charge >= 0.3 is 0 Å². The fourth-order valence-corrected chi connectivity index (χ4v) is 3.64. The zero-order valence-corrected chi connectivity index (χ0v) is 15.4. The molecule has 7 nitrogen and oxygen atoms in total. The Kier molecular flexibility index (Phi) is 6.27. The number of benzene rings is 1. The summed E-state index contributed by atoms with van der Waals surface area (Å²) in [4.78, 5) is 10.8. The second kappa shape index (κ2) is 8.84. The molecule has 0 unspecified atom stereocenters. The Balaban J connectivity index is 1.86. The quantitative estimate of drug-likeness (QED) is 0.545. The first kappa shape index (κ1) is 18.4. The van der Waals surface area contributed by atoms with Gasteiger partial charge in [-0.15, -0.1) is 10.2 Å². The van der Waals surface area contributed by atoms with Gasteiger partial charge in [0.1, 0.15) is 5.75 Å². The summed E-state index contributed by atoms with van der Waals surface area (Å²) in [6, 6.07) is 7.53. The van der Waals surface area contributed by atoms with Crippen LogP contribution in [0.5, 0.6) is 5.75 Å². The summed E-state index contributed by atoms with van der Waals surface area (Å²) in [5.74, 6) is 0.570. The van der Waals surface area contributed by atoms with Gasteiger partial charge < -0.3 is 14.6 Å². The molecule has 0 spiro atoms. The van der Waals surface area contributed by atoms with Crippen LogP contribution in [0.4, 0.5) is 0 Å². The van der Waals surface area contributed by atoms with Gasteiger partial charge in [0.25, 0.3) is 0 Å². The van der Waals surface area contributed by atoms with Gasteiger partial charge in [0.15, 0.2) is 5.82 Å². The van der Waals surface area contributed by atoms with Crippen molar-refractivity contribution in [2.45, 2.75) is 43.2 Å². The van der Waals surface area contributed by atoms with E-state index in [1.165, 1.54) is 19.3 Å². The predicted molar refractivity (Wildman–Crippen MR) is 97.6 cm³/mol. The van der Waals surface area contributed by atoms with E-state index in [2.05, 4.69) is 15.3 Å². The lowest BCUT2D eigenvalue weighted by Crippen LogP contribution is -2.24. The van der Waals surface area contributed by atoms with Gasteiger partial charge in [-0.1, -0.05) is 31.0 Å². The van der Waals surface area contributed by atoms with Crippen molar-refractivity contribution in [3.05, 3.63) is 35.7 Å². The van der Waals surface area contributed by atoms with Crippen LogP contribution in [-0.4, -0.2) is 39.9 Å². The summed E-state index contributed by atoms with van der Waals surface area (Å²) in [6.45, 7) is 0. The number of ether oxygens (including phenoxy) is 1. The smallest absolute Gasteiger partial charge is 0.212 e. The summed E-state index contributed by atoms with van der Waals surface area (Å²) in [6.07, 6.45) is 7.41. The third-order valence-electron chi connectivity index (χ3n) is 4.36. The molecular formula is C18H21N4O3S-. The largest absolute Gasteiger partial charge is 0.549 e. The lowest BCUT2D eigenvalue weighted by Gasteiger charge is -2.20. The maximum absolute atomic E-state index is 10.8. The molecule has 1 aliphatic rings. The molecule has 3 rings (SSSR count). The summed E-state index contributed by atoms with van der Waals surface area (Å²) < 4.78 is 6.83. The van der Waals surface area contributed by atoms with Crippen molar-refractivity contribution in [2.24, 2.45) is 5.10 Å². The zero-order chi connectivity index (χ0) is 18.4. The van der Waals surface area contributed by atoms with Crippen molar-refractivity contribution in [3.63, 3.8) is 0 Å². The predicted octanol–water partition coefficient (Wildman–Crippen LogP) is 2.06. The van der Waals surface area contributed by atoms with E-state index in [0.29, 0.717) is 11.1 Å². The SMILES string of the molecule is COc1ccc(/C=N\n2c(SCC(=O)[O-])nnc2C2CCCCC2)cc1. The van der Waals surface area contributed by atoms with Crippen LogP contribution in [0.1, 0.15) is 49.4 Å². The molecular weight excluding hydrogens is 352 g/mol. The van der Waals surface area contributed by atoms with E-state index in [1.807, 2.05) is 24.3 Å². The molecule has 2 aromatic rings. The van der Waals surface area contributed by atoms with Crippen LogP contribution in [0.3, 0.4) is 0 Å². The number of thioether (sulfide) groups is 1. The number of nitrogens with zero attached hydrogens (tertiary/aromatic N) is 4. The minimum absolute atomic E-state index is 0.180. The molecule has 0 amide bonds. The molecule has 0 aliphatic heterocycles. The maximum atomic E-state index is 10.8. The molecule has 26 heavy (non-hydrogen) atoms. The highest BCUT2D eigenvalue weighted by Gasteiger charge is 2.23. The van der Waals surface area contributed by atoms with Gasteiger partial charge in [-0.05, 0) is 42.7 Å². The van der Waals surface area contributed by atoms with Gasteiger partial charge in [0.2, 0.25) is 5.16 Å². The zero-order valence-electron chi connectivity index (χ0n) is 14.6. The van der Waals surface area contributed by atoms with Gasteiger partial charge in [-0.25, -0.2) is 0 Å². The van der Waals surface area contributed by atoms with Crippen molar-refractivity contribution in [1.29, 1.82) is 0 Å². The molecule has 1 aliphatic carbocycles. The van der Waals surface area contributed by atoms with Crippen molar-refractivity contribution >= 4 is 23.9 Å². The molecule has 1 fully saturated rings. The lowest BCUT2D eigenvalue weighted by molar-refractivity contribution is -0.301. The second-order valence-electron chi connectivity index (χ2n) is 6.17. The molecule has 0 saturated heterocycles. The normalized spacial score (nSPS) is 15.4. The lowest BCUT2D eigenvalue weighted by atomic mass is 9.89. The van der Waals surface area contributed by atoms with Crippen molar-refractivity contribution < 1.29 is 14.6 Å². The Morgan fingerprint density at radius 1 is 1.31 bits per heavy atom. The van der Waals surface area contributed by atoms with Crippen molar-refractivity contribution in [3.8, 4) is 5.75 Å². The summed E-state index contributed by atoms with van der Waals surface area (Å²) in [5.41, 5.74) is 0.907. The van der Waals surface area contributed by atoms with Crippen LogP contribution in [0.15, 0.2) is 34.5 Å². The van der Waals surface area contributed by atoms with Crippen LogP contribution >= 0.6 is 11.8 Å². The Morgan fingerprint density at radius 3 is 2.69 bits per heavy atom. The summed E-state index contributed by atoms with van der Waals surface area (Å²) in [5, 5.41) is 24.3. The third kappa shape index (κ3) is 4.63. The number of methoxy groups -OCH3 is 1. The molecule has 1 heterocycles. The number of hydrogen-bond acceptors (Lipinski definition) is 7. The summed E-state index contributed by atoms with van der Waals surface area (Å²) in [7, 11) is 1.62. The first-order chi connectivity index (χ1) is 12.7. The minimum atomic E-state index is -1.14. The molecule has 1 aromatic carbocycles. The second-order valence-corrected chi connectivity index (χ2v) is 7.11. The van der Waals surface area contributed by atoms with E-state index in [1.54, 1.807) is 18.0 Å². The fourth-order valence-electron chi connectivity index (χ4n) is 3.03. The fraction of sp³-hybridized carbons (Fsp3) is 0.444. The maximum Gasteiger partial charge on any atom is 0.212 e. The van der Waals surface area contributed by atoms with Gasteiger partial charge in [0.05, 0.1) is 19.3 Å². The van der Waals surface area contributed by atoms with Gasteiger partial charge in [-0.3, -0.25) is 0 Å². The van der Waals surface area contributed by atoms with E-state index in [9.17, 15) is 9.90 Å². The van der Waals surface area contributed by atoms with E-state index in [0.717, 1.165) is 41.7 Å². The standard InChI is InChI=1S/C18H22N4O3S/c1-25-15-9-7-13(8-10-15)11-19-22-17(14-5-3-2-4-6-14)20-21-18(22)26-12-16(23)24/h7-11,14H,2-6,12H2,1H3,(H,23,24)/p-1/b19-11-. The Morgan fingerprint density at radius 2 is 2.04 bits per heavy atom. The molecule has 1 aromatic heterocycles. The number of aromatic nitrogens is 3. The van der Waals surface area contributed by atoms with E-state index in [-0.39, 0.29) is 5.75 Å². The molecule has 8 heteroatoms. The van der Waals surface area contributed by atoms with Crippen LogP contribution < -0.4 is 9.84 Å². The summed E-state index contributed by atoms with van der Waals surface area (Å²) >= 11 is 1.07. The Bertz CT molecular complexity index is 767. The number of carboxylic acid groups (broad SMARTS) is 1. The van der Waals surface area contributed by atoms with Crippen LogP contribution in [0.2, 0.25) is 0 Å². The third-order valence-corrected chi connectivity index (χ3v) is 5.26. The average molecular weight is 373 g/mol. The topological polar surface area (TPSA) is 92.4 Å². The highest BCUT2D eigenvalue weighted by molar-refractivity contribution is 7.99. The highest BCUT2D eigenvalue weighted by Crippen LogP contribution is 2.33. The van der Waals surface area contributed by atoms with Gasteiger partial charge in [-0.2, -0.15) is 9.78 Å². The van der Waals surface area contributed by atoms with Crippen LogP contribution in [-0.2, 0) is 4.79 Å². The van der Waals surface area contributed by atoms with E-state index >= 15 is 0 Å². The first-order valence-electron chi connectivity index (χ1n) is 8.63. The molecule has 0 bridgehead atoms. The minimum Gasteiger partial charge on any atom is -0.549 e. The molecule has 138 valence electrons. The number of carbonyl (C=O) groups is 1. The monoisotopic (exact) mass is 373 g/mol. The van der Waals surface area contributed by atoms with Crippen LogP contribution in [0.25, 0.3) is 0 Å². The van der Waals surface area contributed by atoms with Gasteiger partial charge in [0, 0.05) is 11.7 Å². The number of aliphatic carboxylic acids is 1. The van der Waals surface area contributed by atoms with Crippen LogP contribution in [0, 0.1) is 0 Å².